The van der Waals surface area contributed by atoms with E-state index in [-0.39, 0.29) is 0 Å². The van der Waals surface area contributed by atoms with Crippen LogP contribution in [0, 0.1) is 0 Å². The number of fused-ring (bicyclic) bond motifs is 3. The lowest BCUT2D eigenvalue weighted by molar-refractivity contribution is 1.18. The molecule has 0 aliphatic rings. The summed E-state index contributed by atoms with van der Waals surface area (Å²) in [7, 11) is 0. The monoisotopic (exact) mass is 642 g/mol. The van der Waals surface area contributed by atoms with E-state index in [1.54, 1.807) is 0 Å². The molecule has 0 aliphatic heterocycles. The second kappa shape index (κ2) is 12.5. The summed E-state index contributed by atoms with van der Waals surface area (Å²) in [4.78, 5) is 10.4. The van der Waals surface area contributed by atoms with E-state index in [9.17, 15) is 0 Å². The highest BCUT2D eigenvalue weighted by Gasteiger charge is 2.16. The average molecular weight is 643 g/mol. The summed E-state index contributed by atoms with van der Waals surface area (Å²) in [5.41, 5.74) is 11.8. The second-order valence-electron chi connectivity index (χ2n) is 12.2. The Hall–Kier alpha value is -6.16. The van der Waals surface area contributed by atoms with Crippen molar-refractivity contribution in [2.45, 2.75) is 0 Å². The molecular weight excluding hydrogens is 613 g/mol. The van der Waals surface area contributed by atoms with Crippen molar-refractivity contribution in [2.24, 2.45) is 0 Å². The molecule has 2 aromatic heterocycles. The molecule has 0 saturated carbocycles. The van der Waals surface area contributed by atoms with Crippen LogP contribution in [0.5, 0.6) is 0 Å². The van der Waals surface area contributed by atoms with Crippen LogP contribution in [0.15, 0.2) is 182 Å². The quantitative estimate of drug-likeness (QED) is 0.180. The zero-order valence-electron chi connectivity index (χ0n) is 26.6. The van der Waals surface area contributed by atoms with Crippen LogP contribution in [0.3, 0.4) is 0 Å². The maximum atomic E-state index is 5.24. The highest BCUT2D eigenvalue weighted by atomic mass is 32.1. The molecule has 230 valence electrons. The van der Waals surface area contributed by atoms with E-state index in [1.165, 1.54) is 31.3 Å². The third-order valence-corrected chi connectivity index (χ3v) is 10.2. The molecule has 0 atom stereocenters. The smallest absolute Gasteiger partial charge is 0.160 e. The van der Waals surface area contributed by atoms with Gasteiger partial charge in [0, 0.05) is 36.9 Å². The van der Waals surface area contributed by atoms with Gasteiger partial charge in [-0.1, -0.05) is 140 Å². The zero-order chi connectivity index (χ0) is 32.6. The van der Waals surface area contributed by atoms with Crippen LogP contribution in [-0.4, -0.2) is 9.97 Å². The Balaban J connectivity index is 1.27. The first-order chi connectivity index (χ1) is 24.3. The zero-order valence-corrected chi connectivity index (χ0v) is 27.4. The second-order valence-corrected chi connectivity index (χ2v) is 13.3. The lowest BCUT2D eigenvalue weighted by Gasteiger charge is -2.15. The van der Waals surface area contributed by atoms with Gasteiger partial charge in [-0.3, -0.25) is 0 Å². The van der Waals surface area contributed by atoms with E-state index in [0.29, 0.717) is 5.82 Å². The predicted octanol–water partition coefficient (Wildman–Crippen LogP) is 12.8. The first-order valence-corrected chi connectivity index (χ1v) is 17.3. The molecule has 0 amide bonds. The fourth-order valence-electron chi connectivity index (χ4n) is 6.67. The van der Waals surface area contributed by atoms with Gasteiger partial charge in [0.05, 0.1) is 11.4 Å². The first-order valence-electron chi connectivity index (χ1n) is 16.5. The van der Waals surface area contributed by atoms with Crippen LogP contribution < -0.4 is 0 Å². The molecule has 0 aliphatic carbocycles. The molecule has 0 spiro atoms. The van der Waals surface area contributed by atoms with Gasteiger partial charge in [0.2, 0.25) is 0 Å². The van der Waals surface area contributed by atoms with Gasteiger partial charge in [-0.2, -0.15) is 0 Å². The minimum absolute atomic E-state index is 0.703. The molecule has 7 aromatic carbocycles. The SMILES string of the molecule is c1ccc(-c2cc(-c3ccc4sc5ccccc5c4c3)cc(-c3cc(-c4ccccc4-c4ccccc4)nc(-c4ccccc4)n3)c2)cc1. The number of nitrogens with zero attached hydrogens (tertiary/aromatic N) is 2. The molecule has 2 nitrogen and oxygen atoms in total. The first kappa shape index (κ1) is 29.0. The normalized spacial score (nSPS) is 11.3. The Morgan fingerprint density at radius 2 is 0.857 bits per heavy atom. The van der Waals surface area contributed by atoms with Crippen LogP contribution >= 0.6 is 11.3 Å². The minimum Gasteiger partial charge on any atom is -0.228 e. The van der Waals surface area contributed by atoms with Crippen molar-refractivity contribution in [3.8, 4) is 67.3 Å². The van der Waals surface area contributed by atoms with E-state index < -0.39 is 0 Å². The summed E-state index contributed by atoms with van der Waals surface area (Å²) < 4.78 is 2.61. The number of aromatic nitrogens is 2. The van der Waals surface area contributed by atoms with Crippen LogP contribution in [0.2, 0.25) is 0 Å². The third-order valence-electron chi connectivity index (χ3n) is 9.09. The molecule has 0 radical (unpaired) electrons. The molecule has 0 bridgehead atoms. The lowest BCUT2D eigenvalue weighted by Crippen LogP contribution is -1.97. The number of thiophene rings is 1. The molecule has 3 heteroatoms. The largest absolute Gasteiger partial charge is 0.228 e. The summed E-state index contributed by atoms with van der Waals surface area (Å²) in [5.74, 6) is 0.703. The van der Waals surface area contributed by atoms with Crippen molar-refractivity contribution in [1.29, 1.82) is 0 Å². The van der Waals surface area contributed by atoms with Crippen LogP contribution in [-0.2, 0) is 0 Å². The van der Waals surface area contributed by atoms with Crippen molar-refractivity contribution in [3.63, 3.8) is 0 Å². The Bertz CT molecular complexity index is 2590. The van der Waals surface area contributed by atoms with Crippen LogP contribution in [0.25, 0.3) is 87.5 Å². The van der Waals surface area contributed by atoms with E-state index >= 15 is 0 Å². The summed E-state index contributed by atoms with van der Waals surface area (Å²) in [6.45, 7) is 0. The molecular formula is C46H30N2S. The number of hydrogen-bond donors (Lipinski definition) is 0. The summed E-state index contributed by atoms with van der Waals surface area (Å²) >= 11 is 1.85. The van der Waals surface area contributed by atoms with Crippen molar-refractivity contribution < 1.29 is 0 Å². The number of rotatable bonds is 6. The Labute approximate surface area is 289 Å². The highest BCUT2D eigenvalue weighted by Crippen LogP contribution is 2.40. The molecule has 9 aromatic rings. The van der Waals surface area contributed by atoms with Crippen LogP contribution in [0.4, 0.5) is 0 Å². The fraction of sp³-hybridized carbons (Fsp3) is 0. The molecule has 2 heterocycles. The van der Waals surface area contributed by atoms with Gasteiger partial charge in [-0.15, -0.1) is 11.3 Å². The van der Waals surface area contributed by atoms with E-state index in [1.807, 2.05) is 29.5 Å². The molecule has 0 unspecified atom stereocenters. The van der Waals surface area contributed by atoms with Crippen molar-refractivity contribution >= 4 is 31.5 Å². The Morgan fingerprint density at radius 3 is 1.61 bits per heavy atom. The standard InChI is InChI=1S/C46H30N2S/c1-4-14-31(15-5-1)35-26-36(34-24-25-45-41(29-34)40-22-12-13-23-44(40)49-45)28-37(27-35)42-30-43(48-46(47-42)33-18-8-3-9-19-33)39-21-11-10-20-38(39)32-16-6-2-7-17-32/h1-30H. The lowest BCUT2D eigenvalue weighted by atomic mass is 9.93. The topological polar surface area (TPSA) is 25.8 Å². The van der Waals surface area contributed by atoms with Gasteiger partial charge < -0.3 is 0 Å². The van der Waals surface area contributed by atoms with Gasteiger partial charge in [0.25, 0.3) is 0 Å². The number of benzene rings is 7. The molecule has 9 rings (SSSR count). The van der Waals surface area contributed by atoms with E-state index in [0.717, 1.165) is 50.3 Å². The van der Waals surface area contributed by atoms with Gasteiger partial charge >= 0.3 is 0 Å². The van der Waals surface area contributed by atoms with Crippen molar-refractivity contribution in [1.82, 2.24) is 9.97 Å². The van der Waals surface area contributed by atoms with Gasteiger partial charge in [-0.25, -0.2) is 9.97 Å². The predicted molar refractivity (Wildman–Crippen MR) is 208 cm³/mol. The summed E-state index contributed by atoms with van der Waals surface area (Å²) in [6.07, 6.45) is 0. The molecule has 49 heavy (non-hydrogen) atoms. The minimum atomic E-state index is 0.703. The third kappa shape index (κ3) is 5.61. The van der Waals surface area contributed by atoms with Gasteiger partial charge in [-0.05, 0) is 75.8 Å². The van der Waals surface area contributed by atoms with Gasteiger partial charge in [0.1, 0.15) is 0 Å². The van der Waals surface area contributed by atoms with Gasteiger partial charge in [0.15, 0.2) is 5.82 Å². The van der Waals surface area contributed by atoms with Crippen molar-refractivity contribution in [2.75, 3.05) is 0 Å². The summed E-state index contributed by atoms with van der Waals surface area (Å²) in [5, 5.41) is 2.59. The Kier molecular flexibility index (Phi) is 7.38. The molecule has 0 fully saturated rings. The fourth-order valence-corrected chi connectivity index (χ4v) is 7.76. The van der Waals surface area contributed by atoms with Crippen LogP contribution in [0.1, 0.15) is 0 Å². The summed E-state index contributed by atoms with van der Waals surface area (Å²) in [6, 6.07) is 64.5. The van der Waals surface area contributed by atoms with E-state index in [4.69, 9.17) is 9.97 Å². The van der Waals surface area contributed by atoms with E-state index in [2.05, 4.69) is 164 Å². The Morgan fingerprint density at radius 1 is 0.306 bits per heavy atom. The molecule has 0 saturated heterocycles. The number of hydrogen-bond acceptors (Lipinski definition) is 3. The maximum absolute atomic E-state index is 5.24. The average Bonchev–Trinajstić information content (AvgIpc) is 3.57. The molecule has 0 N–H and O–H groups in total. The highest BCUT2D eigenvalue weighted by molar-refractivity contribution is 7.25. The van der Waals surface area contributed by atoms with Crippen molar-refractivity contribution in [3.05, 3.63) is 182 Å². The maximum Gasteiger partial charge on any atom is 0.160 e.